The molecule has 1 N–H and O–H groups in total. The molecule has 76 valence electrons. The molecule has 0 atom stereocenters. The SMILES string of the molecule is Cc1ccc(N(C)CC(=O)O)c(F)c1. The van der Waals surface area contributed by atoms with Crippen LogP contribution in [0.1, 0.15) is 5.56 Å². The van der Waals surface area contributed by atoms with Crippen molar-refractivity contribution in [3.8, 4) is 0 Å². The summed E-state index contributed by atoms with van der Waals surface area (Å²) in [5, 5.41) is 8.53. The van der Waals surface area contributed by atoms with Crippen LogP contribution in [0.4, 0.5) is 10.1 Å². The molecule has 0 aliphatic carbocycles. The molecule has 0 unspecified atom stereocenters. The lowest BCUT2D eigenvalue weighted by atomic mass is 10.2. The number of hydrogen-bond donors (Lipinski definition) is 1. The number of halogens is 1. The highest BCUT2D eigenvalue weighted by Crippen LogP contribution is 2.18. The normalized spacial score (nSPS) is 9.93. The molecule has 0 fully saturated rings. The van der Waals surface area contributed by atoms with E-state index in [0.717, 1.165) is 5.56 Å². The zero-order valence-electron chi connectivity index (χ0n) is 8.12. The predicted molar refractivity (Wildman–Crippen MR) is 52.0 cm³/mol. The maximum atomic E-state index is 13.3. The number of carboxylic acid groups (broad SMARTS) is 1. The van der Waals surface area contributed by atoms with E-state index in [9.17, 15) is 9.18 Å². The Hall–Kier alpha value is -1.58. The van der Waals surface area contributed by atoms with Crippen LogP contribution < -0.4 is 4.90 Å². The lowest BCUT2D eigenvalue weighted by Gasteiger charge is -2.17. The second-order valence-electron chi connectivity index (χ2n) is 3.20. The highest BCUT2D eigenvalue weighted by molar-refractivity contribution is 5.73. The number of nitrogens with zero attached hydrogens (tertiary/aromatic N) is 1. The van der Waals surface area contributed by atoms with Crippen molar-refractivity contribution in [2.24, 2.45) is 0 Å². The van der Waals surface area contributed by atoms with Crippen LogP contribution in [-0.2, 0) is 4.79 Å². The van der Waals surface area contributed by atoms with Gasteiger partial charge in [0.1, 0.15) is 12.4 Å². The summed E-state index contributed by atoms with van der Waals surface area (Å²) in [6.45, 7) is 1.57. The van der Waals surface area contributed by atoms with Gasteiger partial charge < -0.3 is 10.0 Å². The van der Waals surface area contributed by atoms with E-state index in [1.807, 2.05) is 0 Å². The third kappa shape index (κ3) is 2.45. The molecule has 3 nitrogen and oxygen atoms in total. The maximum absolute atomic E-state index is 13.3. The van der Waals surface area contributed by atoms with Crippen LogP contribution >= 0.6 is 0 Å². The quantitative estimate of drug-likeness (QED) is 0.801. The van der Waals surface area contributed by atoms with Gasteiger partial charge in [0.15, 0.2) is 0 Å². The summed E-state index contributed by atoms with van der Waals surface area (Å²) in [4.78, 5) is 11.8. The fourth-order valence-electron chi connectivity index (χ4n) is 1.21. The molecule has 0 aliphatic rings. The molecule has 0 aliphatic heterocycles. The van der Waals surface area contributed by atoms with Crippen LogP contribution in [0, 0.1) is 12.7 Å². The van der Waals surface area contributed by atoms with E-state index in [1.165, 1.54) is 11.0 Å². The number of hydrogen-bond acceptors (Lipinski definition) is 2. The van der Waals surface area contributed by atoms with Crippen LogP contribution in [0.2, 0.25) is 0 Å². The Bertz CT molecular complexity index is 352. The Morgan fingerprint density at radius 1 is 1.57 bits per heavy atom. The Labute approximate surface area is 81.8 Å². The fraction of sp³-hybridized carbons (Fsp3) is 0.300. The fourth-order valence-corrected chi connectivity index (χ4v) is 1.21. The average Bonchev–Trinajstić information content (AvgIpc) is 2.01. The second-order valence-corrected chi connectivity index (χ2v) is 3.20. The molecule has 14 heavy (non-hydrogen) atoms. The predicted octanol–water partition coefficient (Wildman–Crippen LogP) is 1.65. The summed E-state index contributed by atoms with van der Waals surface area (Å²) in [5.41, 5.74) is 1.12. The van der Waals surface area contributed by atoms with Gasteiger partial charge in [-0.1, -0.05) is 6.07 Å². The van der Waals surface area contributed by atoms with Crippen molar-refractivity contribution in [3.05, 3.63) is 29.6 Å². The van der Waals surface area contributed by atoms with E-state index in [1.54, 1.807) is 26.1 Å². The first-order valence-corrected chi connectivity index (χ1v) is 4.20. The van der Waals surface area contributed by atoms with E-state index >= 15 is 0 Å². The van der Waals surface area contributed by atoms with Crippen LogP contribution in [0.15, 0.2) is 18.2 Å². The molecule has 1 rings (SSSR count). The zero-order chi connectivity index (χ0) is 10.7. The largest absolute Gasteiger partial charge is 0.480 e. The van der Waals surface area contributed by atoms with Crippen molar-refractivity contribution >= 4 is 11.7 Å². The van der Waals surface area contributed by atoms with Crippen molar-refractivity contribution in [1.29, 1.82) is 0 Å². The van der Waals surface area contributed by atoms with E-state index in [4.69, 9.17) is 5.11 Å². The molecule has 0 heterocycles. The molecule has 0 aromatic heterocycles. The van der Waals surface area contributed by atoms with Crippen LogP contribution in [0.3, 0.4) is 0 Å². The average molecular weight is 197 g/mol. The molecular weight excluding hydrogens is 185 g/mol. The lowest BCUT2D eigenvalue weighted by Crippen LogP contribution is -2.25. The summed E-state index contributed by atoms with van der Waals surface area (Å²) in [6, 6.07) is 4.71. The molecule has 1 aromatic rings. The number of rotatable bonds is 3. The van der Waals surface area contributed by atoms with Gasteiger partial charge in [-0.2, -0.15) is 0 Å². The Morgan fingerprint density at radius 3 is 2.71 bits per heavy atom. The first-order valence-electron chi connectivity index (χ1n) is 4.20. The minimum Gasteiger partial charge on any atom is -0.480 e. The number of carboxylic acids is 1. The number of likely N-dealkylation sites (N-methyl/N-ethyl adjacent to an activating group) is 1. The van der Waals surface area contributed by atoms with Crippen molar-refractivity contribution in [3.63, 3.8) is 0 Å². The number of aryl methyl sites for hydroxylation is 1. The van der Waals surface area contributed by atoms with Crippen LogP contribution in [-0.4, -0.2) is 24.7 Å². The first-order chi connectivity index (χ1) is 6.50. The standard InChI is InChI=1S/C10H12FNO2/c1-7-3-4-9(8(11)5-7)12(2)6-10(13)14/h3-5H,6H2,1-2H3,(H,13,14). The lowest BCUT2D eigenvalue weighted by molar-refractivity contribution is -0.135. The molecule has 0 amide bonds. The zero-order valence-corrected chi connectivity index (χ0v) is 8.12. The maximum Gasteiger partial charge on any atom is 0.323 e. The van der Waals surface area contributed by atoms with Gasteiger partial charge in [0.05, 0.1) is 5.69 Å². The number of anilines is 1. The third-order valence-corrected chi connectivity index (χ3v) is 1.89. The summed E-state index contributed by atoms with van der Waals surface area (Å²) in [7, 11) is 1.54. The molecule has 0 bridgehead atoms. The van der Waals surface area contributed by atoms with Gasteiger partial charge in [-0.15, -0.1) is 0 Å². The molecule has 4 heteroatoms. The first kappa shape index (κ1) is 10.5. The molecule has 0 spiro atoms. The molecule has 0 saturated heterocycles. The van der Waals surface area contributed by atoms with Gasteiger partial charge in [-0.25, -0.2) is 4.39 Å². The minimum absolute atomic E-state index is 0.208. The Kier molecular flexibility index (Phi) is 3.06. The van der Waals surface area contributed by atoms with Crippen LogP contribution in [0.5, 0.6) is 0 Å². The van der Waals surface area contributed by atoms with Gasteiger partial charge in [-0.3, -0.25) is 4.79 Å². The number of carbonyl (C=O) groups is 1. The van der Waals surface area contributed by atoms with E-state index in [2.05, 4.69) is 0 Å². The van der Waals surface area contributed by atoms with Crippen molar-refractivity contribution in [2.45, 2.75) is 6.92 Å². The van der Waals surface area contributed by atoms with Gasteiger partial charge in [0, 0.05) is 7.05 Å². The Balaban J connectivity index is 2.90. The second kappa shape index (κ2) is 4.09. The van der Waals surface area contributed by atoms with Crippen molar-refractivity contribution in [2.75, 3.05) is 18.5 Å². The molecular formula is C10H12FNO2. The summed E-state index contributed by atoms with van der Waals surface area (Å²) in [5.74, 6) is -1.37. The highest BCUT2D eigenvalue weighted by Gasteiger charge is 2.09. The molecule has 0 saturated carbocycles. The van der Waals surface area contributed by atoms with Gasteiger partial charge in [0.2, 0.25) is 0 Å². The summed E-state index contributed by atoms with van der Waals surface area (Å²) < 4.78 is 13.3. The monoisotopic (exact) mass is 197 g/mol. The summed E-state index contributed by atoms with van der Waals surface area (Å²) in [6.07, 6.45) is 0. The smallest absolute Gasteiger partial charge is 0.323 e. The highest BCUT2D eigenvalue weighted by atomic mass is 19.1. The third-order valence-electron chi connectivity index (χ3n) is 1.89. The van der Waals surface area contributed by atoms with Crippen molar-refractivity contribution < 1.29 is 14.3 Å². The Morgan fingerprint density at radius 2 is 2.21 bits per heavy atom. The minimum atomic E-state index is -0.979. The van der Waals surface area contributed by atoms with Gasteiger partial charge >= 0.3 is 5.97 Å². The van der Waals surface area contributed by atoms with E-state index < -0.39 is 11.8 Å². The number of benzene rings is 1. The van der Waals surface area contributed by atoms with E-state index in [0.29, 0.717) is 5.69 Å². The topological polar surface area (TPSA) is 40.5 Å². The van der Waals surface area contributed by atoms with Crippen molar-refractivity contribution in [1.82, 2.24) is 0 Å². The summed E-state index contributed by atoms with van der Waals surface area (Å²) >= 11 is 0. The van der Waals surface area contributed by atoms with E-state index in [-0.39, 0.29) is 6.54 Å². The van der Waals surface area contributed by atoms with Crippen LogP contribution in [0.25, 0.3) is 0 Å². The molecule has 1 aromatic carbocycles. The van der Waals surface area contributed by atoms with Gasteiger partial charge in [0.25, 0.3) is 0 Å². The van der Waals surface area contributed by atoms with Gasteiger partial charge in [-0.05, 0) is 24.6 Å². The molecule has 0 radical (unpaired) electrons. The number of aliphatic carboxylic acids is 1.